The second kappa shape index (κ2) is 124. The van der Waals surface area contributed by atoms with Crippen LogP contribution in [0.15, 0.2) is 254 Å². The SMILES string of the molecule is C.C.C1=CCNC=C1.C1=Cc2ccncc2CC1.CC.CC.CC.CC.CC.CC.CC.CC.CC.CC.CC.CC.CC.CC.CC.CC.CC.Cc1ccccc1.c1ccc2[nH]ccc2c1.c1ccc2c(c1)CCCC2.c1ccc2c(c1)CCN2.c1ccc2ccccc2c1.c1ccsc1.c1cnc2c(c1)CCCC2. The molecule has 5 aliphatic rings. The third-order valence-corrected chi connectivity index (χ3v) is 13.7. The molecule has 0 amide bonds. The standard InChI is InChI=1S/C10H12.C10H8.C9H11N.C9H9N.C8H9N.C8H7N.C7H8.C5H7N.C4H4S.17C2H6.2CH4/c2*1-2-6-10-8-4-3-7-9(10)5-1;1-2-6-9-8(4-1)5-3-7-10-9;1-2-4-9-7-10-6-5-8(9)3-1;2*1-2-4-8-7(3-1)5-6-9-8;1-7-5-3-2-4-6-7;1-2-4-6-5-3-1;1-2-4-5-3-1;17*1-2;;/h1-2,5-6H,3-4,7-8H2;1-8H;3,5,7H,1-2,4,6H2;1,3,5-7H,2,4H2;1-4,9H,5-6H2;1-6,9H;2-6H,1H3;1-4,6H,5H2;1-4H;17*1-2H3;2*1H4. The first kappa shape index (κ1) is 133. The van der Waals surface area contributed by atoms with Gasteiger partial charge in [0.15, 0.2) is 0 Å². The van der Waals surface area contributed by atoms with Crippen LogP contribution in [0.2, 0.25) is 0 Å². The first-order valence-corrected chi connectivity index (χ1v) is 45.0. The number of benzene rings is 6. The second-order valence-corrected chi connectivity index (χ2v) is 19.5. The van der Waals surface area contributed by atoms with E-state index in [1.165, 1.54) is 125 Å². The highest BCUT2D eigenvalue weighted by atomic mass is 32.1. The Morgan fingerprint density at radius 2 is 0.759 bits per heavy atom. The van der Waals surface area contributed by atoms with E-state index in [0.29, 0.717) is 0 Å². The number of aromatic amines is 1. The number of thiophene rings is 1. The first-order valence-electron chi connectivity index (χ1n) is 44.1. The van der Waals surface area contributed by atoms with Crippen LogP contribution in [-0.4, -0.2) is 28.0 Å². The molecule has 0 radical (unpaired) electrons. The van der Waals surface area contributed by atoms with Crippen LogP contribution < -0.4 is 10.6 Å². The highest BCUT2D eigenvalue weighted by molar-refractivity contribution is 7.07. The molecule has 5 nitrogen and oxygen atoms in total. The third-order valence-electron chi connectivity index (χ3n) is 13.1. The van der Waals surface area contributed by atoms with Crippen molar-refractivity contribution >= 4 is 44.8 Å². The molecule has 0 unspecified atom stereocenters. The monoisotopic (exact) mass is 1560 g/mol. The maximum atomic E-state index is 4.32. The molecule has 3 N–H and O–H groups in total. The Labute approximate surface area is 705 Å². The maximum Gasteiger partial charge on any atom is 0.0453 e. The molecule has 6 aromatic carbocycles. The quantitative estimate of drug-likeness (QED) is 0.142. The number of aromatic nitrogens is 3. The molecule has 0 atom stereocenters. The normalized spacial score (nSPS) is 9.88. The fourth-order valence-corrected chi connectivity index (χ4v) is 9.46. The zero-order valence-corrected chi connectivity index (χ0v) is 79.1. The van der Waals surface area contributed by atoms with Gasteiger partial charge in [-0.05, 0) is 180 Å². The van der Waals surface area contributed by atoms with Crippen molar-refractivity contribution in [2.75, 3.05) is 18.4 Å². The molecular formula is C106H185N5S. The van der Waals surface area contributed by atoms with Gasteiger partial charge in [-0.1, -0.05) is 438 Å². The molecule has 112 heavy (non-hydrogen) atoms. The number of H-pyrrole nitrogens is 1. The Kier molecular flexibility index (Phi) is 147. The van der Waals surface area contributed by atoms with Gasteiger partial charge in [-0.15, -0.1) is 0 Å². The van der Waals surface area contributed by atoms with Gasteiger partial charge < -0.3 is 15.6 Å². The summed E-state index contributed by atoms with van der Waals surface area (Å²) in [5.74, 6) is 0. The predicted octanol–water partition coefficient (Wildman–Crippen LogP) is 36.3. The molecule has 6 heterocycles. The predicted molar refractivity (Wildman–Crippen MR) is 535 cm³/mol. The molecule has 0 saturated heterocycles. The van der Waals surface area contributed by atoms with Crippen molar-refractivity contribution in [2.45, 2.75) is 328 Å². The molecule has 10 aromatic rings. The zero-order valence-electron chi connectivity index (χ0n) is 78.3. The van der Waals surface area contributed by atoms with Crippen LogP contribution in [0.4, 0.5) is 5.69 Å². The Hall–Kier alpha value is -8.06. The Morgan fingerprint density at radius 3 is 1.14 bits per heavy atom. The Morgan fingerprint density at radius 1 is 0.339 bits per heavy atom. The van der Waals surface area contributed by atoms with Crippen LogP contribution in [0.3, 0.4) is 0 Å². The van der Waals surface area contributed by atoms with Crippen molar-refractivity contribution in [1.82, 2.24) is 20.3 Å². The number of anilines is 1. The lowest BCUT2D eigenvalue weighted by atomic mass is 9.92. The number of fused-ring (bicyclic) bond motifs is 6. The number of rotatable bonds is 0. The van der Waals surface area contributed by atoms with E-state index in [2.05, 4.69) is 190 Å². The van der Waals surface area contributed by atoms with E-state index in [1.54, 1.807) is 22.5 Å². The molecule has 6 heteroatoms. The summed E-state index contributed by atoms with van der Waals surface area (Å²) in [4.78, 5) is 11.5. The van der Waals surface area contributed by atoms with Gasteiger partial charge in [0.1, 0.15) is 0 Å². The third kappa shape index (κ3) is 76.0. The van der Waals surface area contributed by atoms with Crippen LogP contribution in [0.5, 0.6) is 0 Å². The number of nitrogens with zero attached hydrogens (tertiary/aromatic N) is 2. The van der Waals surface area contributed by atoms with E-state index in [1.807, 2.05) is 338 Å². The van der Waals surface area contributed by atoms with Gasteiger partial charge in [0.2, 0.25) is 0 Å². The lowest BCUT2D eigenvalue weighted by Crippen LogP contribution is -2.05. The number of hydrogen-bond acceptors (Lipinski definition) is 5. The van der Waals surface area contributed by atoms with Gasteiger partial charge in [-0.2, -0.15) is 11.3 Å². The van der Waals surface area contributed by atoms with Gasteiger partial charge in [0, 0.05) is 54.8 Å². The molecule has 15 rings (SSSR count). The van der Waals surface area contributed by atoms with E-state index in [4.69, 9.17) is 0 Å². The summed E-state index contributed by atoms with van der Waals surface area (Å²) in [5.41, 5.74) is 14.0. The number of hydrogen-bond donors (Lipinski definition) is 3. The van der Waals surface area contributed by atoms with E-state index >= 15 is 0 Å². The molecule has 0 saturated carbocycles. The summed E-state index contributed by atoms with van der Waals surface area (Å²) in [6.07, 6.45) is 34.0. The van der Waals surface area contributed by atoms with Crippen LogP contribution in [0.1, 0.15) is 327 Å². The van der Waals surface area contributed by atoms with Crippen molar-refractivity contribution in [3.05, 3.63) is 299 Å². The number of nitrogens with one attached hydrogen (secondary N) is 3. The topological polar surface area (TPSA) is 65.6 Å². The second-order valence-electron chi connectivity index (χ2n) is 18.7. The van der Waals surface area contributed by atoms with Gasteiger partial charge in [-0.3, -0.25) is 9.97 Å². The highest BCUT2D eigenvalue weighted by Crippen LogP contribution is 2.22. The fraction of sp³-hybridized carbons (Fsp3) is 0.472. The van der Waals surface area contributed by atoms with Crippen molar-refractivity contribution in [3.63, 3.8) is 0 Å². The van der Waals surface area contributed by atoms with Crippen LogP contribution in [0.25, 0.3) is 27.8 Å². The minimum absolute atomic E-state index is 0. The van der Waals surface area contributed by atoms with Crippen molar-refractivity contribution < 1.29 is 0 Å². The summed E-state index contributed by atoms with van der Waals surface area (Å²) in [6, 6.07) is 64.8. The summed E-state index contributed by atoms with van der Waals surface area (Å²) in [7, 11) is 0. The highest BCUT2D eigenvalue weighted by Gasteiger charge is 2.09. The molecule has 3 aliphatic carbocycles. The van der Waals surface area contributed by atoms with E-state index in [0.717, 1.165) is 19.5 Å². The average molecular weight is 1560 g/mol. The summed E-state index contributed by atoms with van der Waals surface area (Å²) >= 11 is 1.71. The molecule has 4 aromatic heterocycles. The Bertz CT molecular complexity index is 2980. The van der Waals surface area contributed by atoms with Gasteiger partial charge >= 0.3 is 0 Å². The Balaban J connectivity index is -0.0000000855. The van der Waals surface area contributed by atoms with Gasteiger partial charge in [0.05, 0.1) is 0 Å². The van der Waals surface area contributed by atoms with Gasteiger partial charge in [0.25, 0.3) is 0 Å². The fourth-order valence-electron chi connectivity index (χ4n) is 9.00. The molecule has 0 fully saturated rings. The lowest BCUT2D eigenvalue weighted by Gasteiger charge is -2.13. The minimum atomic E-state index is 0. The number of pyridine rings is 2. The van der Waals surface area contributed by atoms with Crippen LogP contribution in [-0.2, 0) is 38.5 Å². The number of aryl methyl sites for hydroxylation is 6. The number of dihydropyridines is 1. The largest absolute Gasteiger partial charge is 0.387 e. The van der Waals surface area contributed by atoms with Gasteiger partial charge in [-0.25, -0.2) is 0 Å². The van der Waals surface area contributed by atoms with E-state index < -0.39 is 0 Å². The van der Waals surface area contributed by atoms with E-state index in [9.17, 15) is 0 Å². The lowest BCUT2D eigenvalue weighted by molar-refractivity contribution is 0.668. The van der Waals surface area contributed by atoms with Crippen molar-refractivity contribution in [3.8, 4) is 0 Å². The minimum Gasteiger partial charge on any atom is -0.387 e. The average Bonchev–Trinajstić information content (AvgIpc) is 1.84. The molecule has 0 spiro atoms. The summed E-state index contributed by atoms with van der Waals surface area (Å²) in [5, 5.41) is 14.3. The summed E-state index contributed by atoms with van der Waals surface area (Å²) < 4.78 is 0. The zero-order chi connectivity index (χ0) is 86.3. The number of allylic oxidation sites excluding steroid dienone is 3. The van der Waals surface area contributed by atoms with E-state index in [-0.39, 0.29) is 14.9 Å². The molecular weight excluding hydrogens is 1380 g/mol. The molecule has 640 valence electrons. The molecule has 2 aliphatic heterocycles. The van der Waals surface area contributed by atoms with Crippen molar-refractivity contribution in [1.29, 1.82) is 0 Å². The molecule has 0 bridgehead atoms. The number of para-hydroxylation sites is 2. The van der Waals surface area contributed by atoms with Crippen LogP contribution in [0, 0.1) is 6.92 Å². The maximum absolute atomic E-state index is 4.32. The first-order chi connectivity index (χ1) is 54.7. The summed E-state index contributed by atoms with van der Waals surface area (Å²) in [6.45, 7) is 72.2. The van der Waals surface area contributed by atoms with Crippen molar-refractivity contribution in [2.24, 2.45) is 0 Å². The van der Waals surface area contributed by atoms with Crippen LogP contribution >= 0.6 is 11.3 Å². The smallest absolute Gasteiger partial charge is 0.0453 e.